The Labute approximate surface area is 166 Å². The van der Waals surface area contributed by atoms with Crippen LogP contribution in [0.15, 0.2) is 59.5 Å². The van der Waals surface area contributed by atoms with Crippen molar-refractivity contribution in [2.75, 3.05) is 25.0 Å². The van der Waals surface area contributed by atoms with Gasteiger partial charge < -0.3 is 14.8 Å². The van der Waals surface area contributed by atoms with Gasteiger partial charge in [0.25, 0.3) is 0 Å². The first-order valence-corrected chi connectivity index (χ1v) is 11.5. The van der Waals surface area contributed by atoms with Crippen molar-refractivity contribution in [1.82, 2.24) is 4.90 Å². The van der Waals surface area contributed by atoms with Crippen LogP contribution < -0.4 is 5.32 Å². The van der Waals surface area contributed by atoms with Gasteiger partial charge in [-0.3, -0.25) is 0 Å². The van der Waals surface area contributed by atoms with Gasteiger partial charge in [0, 0.05) is 17.6 Å². The van der Waals surface area contributed by atoms with Crippen LogP contribution in [-0.4, -0.2) is 34.5 Å². The standard InChI is InChI=1S/C23H30N2OS/c26-27-22-11-5-4-10-21(22)24-23(27)12-6-7-15-25-16-13-20(14-17-25)18-19-8-2-1-3-9-19/h1-5,8-11,20,23-24H,6-7,12-18H2. The molecule has 0 amide bonds. The maximum absolute atomic E-state index is 12.5. The van der Waals surface area contributed by atoms with Crippen LogP contribution in [0.2, 0.25) is 0 Å². The number of anilines is 1. The SMILES string of the molecule is [O-][S+]1c2ccccc2NC1CCCCN1CCC(Cc2ccccc2)CC1. The van der Waals surface area contributed by atoms with E-state index in [1.807, 2.05) is 24.3 Å². The first kappa shape index (κ1) is 18.9. The van der Waals surface area contributed by atoms with Crippen LogP contribution in [-0.2, 0) is 17.6 Å². The molecule has 2 unspecified atom stereocenters. The van der Waals surface area contributed by atoms with Crippen LogP contribution in [0, 0.1) is 5.92 Å². The van der Waals surface area contributed by atoms with E-state index in [-0.39, 0.29) is 5.37 Å². The van der Waals surface area contributed by atoms with E-state index in [1.54, 1.807) is 0 Å². The second-order valence-electron chi connectivity index (χ2n) is 7.90. The van der Waals surface area contributed by atoms with Gasteiger partial charge in [-0.25, -0.2) is 0 Å². The van der Waals surface area contributed by atoms with Gasteiger partial charge in [-0.2, -0.15) is 0 Å². The molecular formula is C23H30N2OS. The highest BCUT2D eigenvalue weighted by Crippen LogP contribution is 2.34. The second kappa shape index (κ2) is 9.13. The molecule has 1 N–H and O–H groups in total. The lowest BCUT2D eigenvalue weighted by molar-refractivity contribution is 0.181. The molecule has 2 aromatic carbocycles. The zero-order chi connectivity index (χ0) is 18.5. The Kier molecular flexibility index (Phi) is 6.38. The quantitative estimate of drug-likeness (QED) is 0.558. The van der Waals surface area contributed by atoms with Gasteiger partial charge in [-0.15, -0.1) is 0 Å². The van der Waals surface area contributed by atoms with Gasteiger partial charge in [0.2, 0.25) is 0 Å². The number of likely N-dealkylation sites (tertiary alicyclic amines) is 1. The molecule has 0 aromatic heterocycles. The molecule has 2 aliphatic rings. The number of hydrogen-bond donors (Lipinski definition) is 1. The monoisotopic (exact) mass is 382 g/mol. The number of piperidine rings is 1. The smallest absolute Gasteiger partial charge is 0.191 e. The van der Waals surface area contributed by atoms with E-state index in [4.69, 9.17) is 0 Å². The third-order valence-corrected chi connectivity index (χ3v) is 7.60. The highest BCUT2D eigenvalue weighted by molar-refractivity contribution is 7.92. The van der Waals surface area contributed by atoms with E-state index < -0.39 is 11.2 Å². The van der Waals surface area contributed by atoms with Crippen molar-refractivity contribution in [2.24, 2.45) is 5.92 Å². The van der Waals surface area contributed by atoms with Crippen molar-refractivity contribution in [3.05, 3.63) is 60.2 Å². The fourth-order valence-corrected chi connectivity index (χ4v) is 5.83. The Bertz CT molecular complexity index is 715. The van der Waals surface area contributed by atoms with E-state index in [0.29, 0.717) is 0 Å². The molecule has 1 saturated heterocycles. The van der Waals surface area contributed by atoms with Crippen molar-refractivity contribution in [1.29, 1.82) is 0 Å². The third kappa shape index (κ3) is 4.87. The summed E-state index contributed by atoms with van der Waals surface area (Å²) in [6, 6.07) is 18.9. The number of benzene rings is 2. The van der Waals surface area contributed by atoms with Gasteiger partial charge in [0.05, 0.1) is 5.69 Å². The molecule has 3 nitrogen and oxygen atoms in total. The maximum atomic E-state index is 12.5. The normalized spacial score (nSPS) is 23.1. The van der Waals surface area contributed by atoms with E-state index in [0.717, 1.165) is 29.3 Å². The molecule has 4 rings (SSSR count). The molecule has 27 heavy (non-hydrogen) atoms. The van der Waals surface area contributed by atoms with Gasteiger partial charge in [0.1, 0.15) is 0 Å². The highest BCUT2D eigenvalue weighted by atomic mass is 32.2. The van der Waals surface area contributed by atoms with Crippen LogP contribution in [0.1, 0.15) is 37.7 Å². The van der Waals surface area contributed by atoms with E-state index in [9.17, 15) is 4.55 Å². The molecule has 2 atom stereocenters. The molecule has 2 heterocycles. The lowest BCUT2D eigenvalue weighted by Gasteiger charge is -2.32. The fraction of sp³-hybridized carbons (Fsp3) is 0.478. The van der Waals surface area contributed by atoms with E-state index >= 15 is 0 Å². The van der Waals surface area contributed by atoms with Crippen molar-refractivity contribution >= 4 is 16.9 Å². The van der Waals surface area contributed by atoms with Crippen LogP contribution in [0.3, 0.4) is 0 Å². The lowest BCUT2D eigenvalue weighted by atomic mass is 9.90. The Morgan fingerprint density at radius 2 is 1.70 bits per heavy atom. The summed E-state index contributed by atoms with van der Waals surface area (Å²) in [7, 11) is 0. The number of para-hydroxylation sites is 1. The van der Waals surface area contributed by atoms with E-state index in [2.05, 4.69) is 40.5 Å². The number of hydrogen-bond acceptors (Lipinski definition) is 3. The molecule has 0 spiro atoms. The summed E-state index contributed by atoms with van der Waals surface area (Å²) in [4.78, 5) is 3.60. The molecule has 1 fully saturated rings. The summed E-state index contributed by atoms with van der Waals surface area (Å²) in [6.07, 6.45) is 7.20. The van der Waals surface area contributed by atoms with Crippen molar-refractivity contribution in [3.8, 4) is 0 Å². The van der Waals surface area contributed by atoms with Crippen molar-refractivity contribution < 1.29 is 4.55 Å². The summed E-state index contributed by atoms with van der Waals surface area (Å²) in [5, 5.41) is 3.53. The Balaban J connectivity index is 1.12. The summed E-state index contributed by atoms with van der Waals surface area (Å²) in [5.74, 6) is 0.840. The Morgan fingerprint density at radius 3 is 2.48 bits per heavy atom. The molecule has 0 bridgehead atoms. The minimum absolute atomic E-state index is 0.0963. The van der Waals surface area contributed by atoms with Gasteiger partial charge in [-0.05, 0) is 75.4 Å². The Hall–Kier alpha value is -1.49. The number of fused-ring (bicyclic) bond motifs is 1. The van der Waals surface area contributed by atoms with Crippen LogP contribution in [0.25, 0.3) is 0 Å². The molecule has 144 valence electrons. The van der Waals surface area contributed by atoms with E-state index in [1.165, 1.54) is 50.9 Å². The number of rotatable bonds is 7. The predicted octanol–water partition coefficient (Wildman–Crippen LogP) is 4.67. The Morgan fingerprint density at radius 1 is 0.963 bits per heavy atom. The van der Waals surface area contributed by atoms with Crippen molar-refractivity contribution in [2.45, 2.75) is 48.8 Å². The first-order chi connectivity index (χ1) is 13.3. The molecule has 0 radical (unpaired) electrons. The minimum atomic E-state index is -0.893. The molecule has 2 aliphatic heterocycles. The summed E-state index contributed by atoms with van der Waals surface area (Å²) in [5.41, 5.74) is 2.54. The molecule has 2 aromatic rings. The van der Waals surface area contributed by atoms with Gasteiger partial charge in [-0.1, -0.05) is 42.5 Å². The van der Waals surface area contributed by atoms with Gasteiger partial charge in [0.15, 0.2) is 10.3 Å². The van der Waals surface area contributed by atoms with Crippen LogP contribution in [0.5, 0.6) is 0 Å². The average Bonchev–Trinajstić information content (AvgIpc) is 3.03. The second-order valence-corrected chi connectivity index (χ2v) is 9.50. The summed E-state index contributed by atoms with van der Waals surface area (Å²) < 4.78 is 12.5. The number of nitrogens with one attached hydrogen (secondary N) is 1. The van der Waals surface area contributed by atoms with Gasteiger partial charge >= 0.3 is 0 Å². The highest BCUT2D eigenvalue weighted by Gasteiger charge is 2.34. The molecule has 4 heteroatoms. The summed E-state index contributed by atoms with van der Waals surface area (Å²) in [6.45, 7) is 3.65. The minimum Gasteiger partial charge on any atom is -0.610 e. The largest absolute Gasteiger partial charge is 0.610 e. The number of unbranched alkanes of at least 4 members (excludes halogenated alkanes) is 1. The third-order valence-electron chi connectivity index (χ3n) is 5.94. The zero-order valence-corrected chi connectivity index (χ0v) is 16.8. The lowest BCUT2D eigenvalue weighted by Crippen LogP contribution is -2.35. The number of nitrogens with zero attached hydrogens (tertiary/aromatic N) is 1. The molecular weight excluding hydrogens is 352 g/mol. The zero-order valence-electron chi connectivity index (χ0n) is 16.0. The maximum Gasteiger partial charge on any atom is 0.191 e. The topological polar surface area (TPSA) is 38.3 Å². The van der Waals surface area contributed by atoms with Crippen molar-refractivity contribution in [3.63, 3.8) is 0 Å². The predicted molar refractivity (Wildman–Crippen MR) is 113 cm³/mol. The van der Waals surface area contributed by atoms with Crippen LogP contribution >= 0.6 is 0 Å². The fourth-order valence-electron chi connectivity index (χ4n) is 4.35. The summed E-state index contributed by atoms with van der Waals surface area (Å²) >= 11 is -0.893. The first-order valence-electron chi connectivity index (χ1n) is 10.3. The molecule has 0 saturated carbocycles. The average molecular weight is 383 g/mol. The molecule has 0 aliphatic carbocycles. The van der Waals surface area contributed by atoms with Crippen LogP contribution in [0.4, 0.5) is 5.69 Å².